The van der Waals surface area contributed by atoms with Crippen molar-refractivity contribution >= 4 is 110 Å². The van der Waals surface area contributed by atoms with E-state index in [0.717, 1.165) is 16.7 Å². The van der Waals surface area contributed by atoms with Crippen LogP contribution in [0.25, 0.3) is 21.8 Å². The van der Waals surface area contributed by atoms with E-state index in [4.69, 9.17) is 11.5 Å². The van der Waals surface area contributed by atoms with Crippen LogP contribution in [0.4, 0.5) is 8.78 Å². The Morgan fingerprint density at radius 1 is 0.667 bits per heavy atom. The van der Waals surface area contributed by atoms with Crippen molar-refractivity contribution in [2.24, 2.45) is 11.5 Å². The van der Waals surface area contributed by atoms with Gasteiger partial charge in [-0.25, -0.2) is 8.78 Å². The number of aliphatic carboxylic acids is 1. The maximum atomic E-state index is 15.3. The van der Waals surface area contributed by atoms with E-state index in [1.165, 1.54) is 108 Å². The third kappa shape index (κ3) is 21.0. The summed E-state index contributed by atoms with van der Waals surface area (Å²) < 4.78 is 29.9. The van der Waals surface area contributed by atoms with E-state index in [1.54, 1.807) is 0 Å². The molecule has 3 aliphatic heterocycles. The molecule has 2 saturated heterocycles. The third-order valence-electron chi connectivity index (χ3n) is 18.2. The number of carboxylic acid groups (broad SMARTS) is 1. The zero-order valence-corrected chi connectivity index (χ0v) is 58.1. The van der Waals surface area contributed by atoms with Crippen LogP contribution in [0.1, 0.15) is 91.7 Å². The predicted molar refractivity (Wildman–Crippen MR) is 378 cm³/mol. The zero-order chi connectivity index (χ0) is 73.2. The number of aryl methyl sites for hydroxylation is 1. The van der Waals surface area contributed by atoms with Crippen LogP contribution in [0.5, 0.6) is 5.75 Å². The number of carboxylic acids is 1. The molecule has 2 aromatic heterocycles. The monoisotopic (exact) mass is 1450 g/mol. The summed E-state index contributed by atoms with van der Waals surface area (Å²) in [7, 11) is 0. The number of carbonyl (C=O) groups excluding carboxylic acids is 10. The molecule has 3 aliphatic rings. The molecule has 6 aromatic rings. The number of aromatic hydroxyl groups is 1. The van der Waals surface area contributed by atoms with Gasteiger partial charge in [-0.15, -0.1) is 0 Å². The average molecular weight is 1450 g/mol. The zero-order valence-electron chi connectivity index (χ0n) is 56.5. The minimum atomic E-state index is -2.01. The number of nitrogens with two attached hydrogens (primary N) is 2. The number of primary amides is 1. The molecule has 0 radical (unpaired) electrons. The van der Waals surface area contributed by atoms with Crippen LogP contribution >= 0.6 is 23.5 Å². The summed E-state index contributed by atoms with van der Waals surface area (Å²) in [4.78, 5) is 165. The van der Waals surface area contributed by atoms with Gasteiger partial charge in [-0.1, -0.05) is 35.9 Å². The van der Waals surface area contributed by atoms with Gasteiger partial charge in [0.15, 0.2) is 0 Å². The molecule has 0 saturated carbocycles. The molecular weight excluding hydrogens is 1360 g/mol. The normalized spacial score (nSPS) is 24.1. The molecule has 2 fully saturated rings. The number of H-pyrrole nitrogens is 2. The smallest absolute Gasteiger partial charge is 0.305 e. The first kappa shape index (κ1) is 76.5. The number of aromatic amines is 2. The van der Waals surface area contributed by atoms with Crippen molar-refractivity contribution in [1.82, 2.24) is 68.0 Å². The second kappa shape index (κ2) is 35.8. The van der Waals surface area contributed by atoms with Gasteiger partial charge in [0.05, 0.1) is 13.0 Å². The molecule has 28 nitrogen and oxygen atoms in total. The Morgan fingerprint density at radius 3 is 1.87 bits per heavy atom. The third-order valence-corrected chi connectivity index (χ3v) is 20.3. The molecule has 5 heterocycles. The standard InChI is InChI=1S/C70H87F2N15O13S2/c1-38-20-40-22-41(21-38)35-102-36-58(62(74)93)86-69(100)70(2)16-5-18-87(70)68(99)57(23-39-7-11-47(88)12-8-39)85-66(97)55(28-46-32-75-37-79-46)83-67(98)56(29-61(91)92)84-65(96)54(25-43-31-77-51-14-10-45(72)27-49(43)51)82-64(95)53(24-42-30-76-50-13-9-44(71)26-48(42)50)81-60(90)33-78-63(94)52(6-3-4-17-73)80-59(89)15-19-101-34-40/h7-14,20-22,26-27,30-31,46,52-58,75-77,79,88H,3-6,15-19,23-25,28-29,32-37,73H2,1-2H3,(H2,74,93)(H,78,94)(H,80,89)(H,81,90)(H,82,95)(H,83,98)(H,84,96)(H,85,97)(H,86,100)(H,91,92)/t46?,52-,53-,54-,55-,56-,57-,58-,70-/m0/s1. The van der Waals surface area contributed by atoms with Crippen molar-refractivity contribution in [3.8, 4) is 5.75 Å². The quantitative estimate of drug-likeness (QED) is 0.0647. The van der Waals surface area contributed by atoms with E-state index in [9.17, 15) is 52.6 Å². The molecule has 102 heavy (non-hydrogen) atoms. The lowest BCUT2D eigenvalue weighted by Crippen LogP contribution is -2.63. The van der Waals surface area contributed by atoms with Gasteiger partial charge in [-0.05, 0) is 135 Å². The topological polar surface area (TPSA) is 435 Å². The Kier molecular flexibility index (Phi) is 26.9. The fourth-order valence-corrected chi connectivity index (χ4v) is 14.7. The van der Waals surface area contributed by atoms with Gasteiger partial charge in [-0.3, -0.25) is 52.7 Å². The number of unbranched alkanes of at least 4 members (excludes halogenated alkanes) is 1. The maximum absolute atomic E-state index is 15.3. The summed E-state index contributed by atoms with van der Waals surface area (Å²) in [5, 5.41) is 48.7. The van der Waals surface area contributed by atoms with Gasteiger partial charge in [0.25, 0.3) is 0 Å². The summed E-state index contributed by atoms with van der Waals surface area (Å²) in [6.45, 7) is 3.63. The van der Waals surface area contributed by atoms with Crippen LogP contribution in [0.2, 0.25) is 0 Å². The summed E-state index contributed by atoms with van der Waals surface area (Å²) in [5.74, 6) is -10.4. The van der Waals surface area contributed by atoms with Crippen molar-refractivity contribution in [3.63, 3.8) is 0 Å². The first-order valence-electron chi connectivity index (χ1n) is 33.7. The van der Waals surface area contributed by atoms with Gasteiger partial charge in [0.2, 0.25) is 59.1 Å². The lowest BCUT2D eigenvalue weighted by molar-refractivity contribution is -0.147. The number of benzene rings is 4. The number of aromatic nitrogens is 2. The molecule has 546 valence electrons. The molecule has 9 rings (SSSR count). The van der Waals surface area contributed by atoms with E-state index in [-0.39, 0.29) is 74.1 Å². The Hall–Kier alpha value is -9.63. The SMILES string of the molecule is Cc1cc2cc(c1)CSC[C@@H](C(N)=O)NC(=O)[C@]1(C)CCCN1C(=O)[C@H](Cc1ccc(O)cc1)NC(=O)[C@H](CC1CNCN1)NC(=O)[C@H](CC(=O)O)NC(=O)[C@H](Cc1c[nH]c3ccc(F)cc13)NC(=O)[C@H](Cc1c[nH]c3ccc(F)cc13)NC(=O)CNC(=O)[C@H](CCCCN)NC(=O)CCSC2. The molecule has 10 amide bonds. The fraction of sp³-hybridized carbons (Fsp3) is 0.443. The average Bonchev–Trinajstić information content (AvgIpc) is 1.60. The number of phenolic OH excluding ortho intramolecular Hbond substituents is 1. The second-order valence-electron chi connectivity index (χ2n) is 26.1. The lowest BCUT2D eigenvalue weighted by atomic mass is 9.95. The minimum absolute atomic E-state index is 0.0114. The molecule has 18 N–H and O–H groups in total. The number of hydrogen-bond donors (Lipinski definition) is 16. The highest BCUT2D eigenvalue weighted by Gasteiger charge is 2.49. The van der Waals surface area contributed by atoms with E-state index >= 15 is 19.2 Å². The number of rotatable bonds is 15. The first-order chi connectivity index (χ1) is 48.8. The first-order valence-corrected chi connectivity index (χ1v) is 36.0. The van der Waals surface area contributed by atoms with Gasteiger partial charge in [0.1, 0.15) is 65.2 Å². The maximum Gasteiger partial charge on any atom is 0.305 e. The Balaban J connectivity index is 1.06. The Bertz CT molecular complexity index is 4060. The number of amides is 10. The van der Waals surface area contributed by atoms with Gasteiger partial charge in [-0.2, -0.15) is 23.5 Å². The minimum Gasteiger partial charge on any atom is -0.508 e. The molecule has 0 spiro atoms. The van der Waals surface area contributed by atoms with Crippen LogP contribution in [0, 0.1) is 18.6 Å². The molecule has 9 atom stereocenters. The van der Waals surface area contributed by atoms with E-state index in [0.29, 0.717) is 77.3 Å². The Labute approximate surface area is 595 Å². The van der Waals surface area contributed by atoms with E-state index in [1.807, 2.05) is 25.1 Å². The van der Waals surface area contributed by atoms with Crippen LogP contribution in [0.3, 0.4) is 0 Å². The van der Waals surface area contributed by atoms with E-state index in [2.05, 4.69) is 63.1 Å². The number of nitrogens with zero attached hydrogens (tertiary/aromatic N) is 1. The predicted octanol–water partition coefficient (Wildman–Crippen LogP) is 1.43. The highest BCUT2D eigenvalue weighted by molar-refractivity contribution is 7.98. The van der Waals surface area contributed by atoms with Gasteiger partial charge in [0, 0.05) is 109 Å². The van der Waals surface area contributed by atoms with Crippen molar-refractivity contribution in [2.45, 2.75) is 150 Å². The summed E-state index contributed by atoms with van der Waals surface area (Å²) in [5.41, 5.74) is 14.8. The number of nitrogens with one attached hydrogen (secondary N) is 12. The second-order valence-corrected chi connectivity index (χ2v) is 28.2. The van der Waals surface area contributed by atoms with Gasteiger partial charge >= 0.3 is 5.97 Å². The highest BCUT2D eigenvalue weighted by Crippen LogP contribution is 2.32. The van der Waals surface area contributed by atoms with E-state index < -0.39 is 150 Å². The van der Waals surface area contributed by atoms with Crippen molar-refractivity contribution in [3.05, 3.63) is 136 Å². The van der Waals surface area contributed by atoms with Crippen LogP contribution in [0.15, 0.2) is 91.3 Å². The summed E-state index contributed by atoms with van der Waals surface area (Å²) >= 11 is 2.82. The van der Waals surface area contributed by atoms with Crippen LogP contribution in [-0.2, 0) is 83.5 Å². The molecule has 1 unspecified atom stereocenters. The molecule has 32 heteroatoms. The largest absolute Gasteiger partial charge is 0.508 e. The fourth-order valence-electron chi connectivity index (χ4n) is 12.8. The van der Waals surface area contributed by atoms with Gasteiger partial charge < -0.3 is 89.7 Å². The van der Waals surface area contributed by atoms with Crippen molar-refractivity contribution in [2.75, 3.05) is 44.4 Å². The van der Waals surface area contributed by atoms with Crippen LogP contribution in [-0.4, -0.2) is 188 Å². The number of thioether (sulfide) groups is 2. The Morgan fingerprint density at radius 2 is 1.25 bits per heavy atom. The van der Waals surface area contributed by atoms with Crippen molar-refractivity contribution < 1.29 is 71.7 Å². The molecule has 2 bridgehead atoms. The summed E-state index contributed by atoms with van der Waals surface area (Å²) in [6, 6.07) is 8.12. The molecule has 0 aliphatic carbocycles. The highest BCUT2D eigenvalue weighted by atomic mass is 32.2. The number of carbonyl (C=O) groups is 11. The summed E-state index contributed by atoms with van der Waals surface area (Å²) in [6.07, 6.45) is 2.15. The number of phenols is 1. The lowest BCUT2D eigenvalue weighted by Gasteiger charge is -2.37. The molecule has 4 aromatic carbocycles. The number of fused-ring (bicyclic) bond motifs is 5. The number of halogens is 2. The molecular formula is C70H87F2N15O13S2. The van der Waals surface area contributed by atoms with Crippen LogP contribution < -0.4 is 64.6 Å². The van der Waals surface area contributed by atoms with Crippen molar-refractivity contribution in [1.29, 1.82) is 0 Å². The number of hydrogen-bond acceptors (Lipinski definition) is 17.